The van der Waals surface area contributed by atoms with E-state index in [9.17, 15) is 13.2 Å². The smallest absolute Gasteiger partial charge is 0.330 e. The Balaban J connectivity index is 3.52. The van der Waals surface area contributed by atoms with Crippen LogP contribution in [0.5, 0.6) is 0 Å². The van der Waals surface area contributed by atoms with Crippen molar-refractivity contribution in [1.82, 2.24) is 0 Å². The fraction of sp³-hybridized carbons (Fsp3) is 0.667. The van der Waals surface area contributed by atoms with E-state index in [0.29, 0.717) is 12.0 Å². The molecule has 0 radical (unpaired) electrons. The van der Waals surface area contributed by atoms with Crippen molar-refractivity contribution < 1.29 is 13.2 Å². The van der Waals surface area contributed by atoms with Crippen LogP contribution in [0.4, 0.5) is 13.2 Å². The Hall–Kier alpha value is -1.03. The van der Waals surface area contributed by atoms with Crippen LogP contribution in [0.1, 0.15) is 76.0 Å². The topological polar surface area (TPSA) is 26.0 Å². The number of nitrogens with two attached hydrogens (primary N) is 1. The Morgan fingerprint density at radius 2 is 1.59 bits per heavy atom. The summed E-state index contributed by atoms with van der Waals surface area (Å²) in [4.78, 5) is 0. The van der Waals surface area contributed by atoms with Gasteiger partial charge in [0, 0.05) is 0 Å². The Morgan fingerprint density at radius 1 is 1.05 bits per heavy atom. The fourth-order valence-electron chi connectivity index (χ4n) is 3.04. The Morgan fingerprint density at radius 3 is 2.00 bits per heavy atom. The minimum atomic E-state index is -4.25. The molecule has 0 bridgehead atoms. The van der Waals surface area contributed by atoms with Gasteiger partial charge in [-0.25, -0.2) is 0 Å². The molecule has 1 aromatic carbocycles. The maximum absolute atomic E-state index is 13.6. The van der Waals surface area contributed by atoms with Crippen LogP contribution >= 0.6 is 0 Å². The molecule has 4 heteroatoms. The molecule has 2 N–H and O–H groups in total. The third kappa shape index (κ3) is 4.48. The first-order valence-corrected chi connectivity index (χ1v) is 7.90. The molecule has 0 aromatic heterocycles. The van der Waals surface area contributed by atoms with E-state index in [4.69, 9.17) is 5.73 Å². The summed E-state index contributed by atoms with van der Waals surface area (Å²) in [6.07, 6.45) is -3.82. The van der Waals surface area contributed by atoms with E-state index in [1.165, 1.54) is 0 Å². The first kappa shape index (κ1) is 19.0. The average molecular weight is 315 g/mol. The van der Waals surface area contributed by atoms with E-state index in [-0.39, 0.29) is 24.3 Å². The highest BCUT2D eigenvalue weighted by Crippen LogP contribution is 2.44. The highest BCUT2D eigenvalue weighted by atomic mass is 19.4. The molecule has 0 amide bonds. The van der Waals surface area contributed by atoms with Crippen LogP contribution in [0.3, 0.4) is 0 Å². The van der Waals surface area contributed by atoms with Gasteiger partial charge in [-0.1, -0.05) is 52.8 Å². The molecule has 0 aliphatic heterocycles. The van der Waals surface area contributed by atoms with Crippen molar-refractivity contribution in [3.63, 3.8) is 0 Å². The highest BCUT2D eigenvalue weighted by molar-refractivity contribution is 5.44. The van der Waals surface area contributed by atoms with Crippen LogP contribution in [0.25, 0.3) is 0 Å². The second-order valence-electron chi connectivity index (χ2n) is 7.24. The monoisotopic (exact) mass is 315 g/mol. The third-order valence-corrected chi connectivity index (χ3v) is 3.97. The van der Waals surface area contributed by atoms with E-state index in [2.05, 4.69) is 0 Å². The van der Waals surface area contributed by atoms with Crippen molar-refractivity contribution >= 4 is 0 Å². The van der Waals surface area contributed by atoms with Crippen LogP contribution in [-0.2, 0) is 5.41 Å². The van der Waals surface area contributed by atoms with Crippen LogP contribution in [0, 0.1) is 0 Å². The zero-order valence-corrected chi connectivity index (χ0v) is 14.2. The van der Waals surface area contributed by atoms with Gasteiger partial charge in [-0.2, -0.15) is 13.2 Å². The van der Waals surface area contributed by atoms with Crippen molar-refractivity contribution in [1.29, 1.82) is 0 Å². The van der Waals surface area contributed by atoms with Gasteiger partial charge in [-0.3, -0.25) is 0 Å². The molecule has 0 aliphatic carbocycles. The number of hydrogen-bond donors (Lipinski definition) is 1. The van der Waals surface area contributed by atoms with Crippen LogP contribution in [0.15, 0.2) is 18.2 Å². The summed E-state index contributed by atoms with van der Waals surface area (Å²) in [7, 11) is 0. The SMILES string of the molecule is CC(C)c1cccc(C(CCCN)C(F)(F)F)c1C(C)(C)C. The predicted molar refractivity (Wildman–Crippen MR) is 86.3 cm³/mol. The summed E-state index contributed by atoms with van der Waals surface area (Å²) in [5.41, 5.74) is 7.36. The molecule has 1 atom stereocenters. The standard InChI is InChI=1S/C18H28F3N/c1-12(2)13-8-6-9-14(16(13)17(3,4)5)15(10-7-11-22)18(19,20)21/h6,8-9,12,15H,7,10-11,22H2,1-5H3. The number of hydrogen-bond acceptors (Lipinski definition) is 1. The van der Waals surface area contributed by atoms with E-state index in [1.807, 2.05) is 40.7 Å². The van der Waals surface area contributed by atoms with Crippen LogP contribution < -0.4 is 5.73 Å². The first-order valence-electron chi connectivity index (χ1n) is 7.90. The summed E-state index contributed by atoms with van der Waals surface area (Å²) in [5, 5.41) is 0. The van der Waals surface area contributed by atoms with Crippen molar-refractivity contribution in [2.45, 2.75) is 70.9 Å². The molecule has 0 aliphatic rings. The molecule has 0 spiro atoms. The van der Waals surface area contributed by atoms with E-state index in [1.54, 1.807) is 12.1 Å². The molecule has 0 fully saturated rings. The molecule has 0 saturated heterocycles. The van der Waals surface area contributed by atoms with Gasteiger partial charge in [-0.05, 0) is 47.4 Å². The number of halogens is 3. The lowest BCUT2D eigenvalue weighted by molar-refractivity contribution is -0.152. The van der Waals surface area contributed by atoms with Gasteiger partial charge < -0.3 is 5.73 Å². The van der Waals surface area contributed by atoms with Gasteiger partial charge in [0.2, 0.25) is 0 Å². The van der Waals surface area contributed by atoms with Crippen molar-refractivity contribution in [3.05, 3.63) is 34.9 Å². The van der Waals surface area contributed by atoms with E-state index >= 15 is 0 Å². The lowest BCUT2D eigenvalue weighted by Gasteiger charge is -2.32. The summed E-state index contributed by atoms with van der Waals surface area (Å²) < 4.78 is 40.8. The first-order chi connectivity index (χ1) is 10.00. The predicted octanol–water partition coefficient (Wildman–Crippen LogP) is 5.49. The third-order valence-electron chi connectivity index (χ3n) is 3.97. The molecule has 22 heavy (non-hydrogen) atoms. The Labute approximate surface area is 132 Å². The molecule has 1 aromatic rings. The zero-order valence-electron chi connectivity index (χ0n) is 14.2. The van der Waals surface area contributed by atoms with Gasteiger partial charge in [0.25, 0.3) is 0 Å². The number of benzene rings is 1. The fourth-order valence-corrected chi connectivity index (χ4v) is 3.04. The van der Waals surface area contributed by atoms with E-state index in [0.717, 1.165) is 11.1 Å². The largest absolute Gasteiger partial charge is 0.395 e. The van der Waals surface area contributed by atoms with Crippen molar-refractivity contribution in [3.8, 4) is 0 Å². The average Bonchev–Trinajstić information content (AvgIpc) is 2.36. The second kappa shape index (κ2) is 7.03. The summed E-state index contributed by atoms with van der Waals surface area (Å²) in [6.45, 7) is 10.3. The molecule has 1 unspecified atom stereocenters. The summed E-state index contributed by atoms with van der Waals surface area (Å²) >= 11 is 0. The van der Waals surface area contributed by atoms with Crippen LogP contribution in [-0.4, -0.2) is 12.7 Å². The van der Waals surface area contributed by atoms with Gasteiger partial charge in [0.1, 0.15) is 0 Å². The minimum Gasteiger partial charge on any atom is -0.330 e. The molecule has 126 valence electrons. The van der Waals surface area contributed by atoms with Gasteiger partial charge in [0.05, 0.1) is 5.92 Å². The molecular formula is C18H28F3N. The minimum absolute atomic E-state index is 0.0463. The number of alkyl halides is 3. The molecular weight excluding hydrogens is 287 g/mol. The molecule has 1 rings (SSSR count). The highest BCUT2D eigenvalue weighted by Gasteiger charge is 2.42. The maximum atomic E-state index is 13.6. The molecule has 0 heterocycles. The lowest BCUT2D eigenvalue weighted by atomic mass is 9.74. The number of rotatable bonds is 5. The van der Waals surface area contributed by atoms with Gasteiger partial charge >= 0.3 is 6.18 Å². The molecule has 1 nitrogen and oxygen atoms in total. The second-order valence-corrected chi connectivity index (χ2v) is 7.24. The molecule has 0 saturated carbocycles. The van der Waals surface area contributed by atoms with Crippen molar-refractivity contribution in [2.24, 2.45) is 5.73 Å². The maximum Gasteiger partial charge on any atom is 0.395 e. The zero-order chi connectivity index (χ0) is 17.1. The van der Waals surface area contributed by atoms with Gasteiger partial charge in [-0.15, -0.1) is 0 Å². The van der Waals surface area contributed by atoms with E-state index < -0.39 is 12.1 Å². The normalized spacial score (nSPS) is 14.5. The Bertz CT molecular complexity index is 484. The summed E-state index contributed by atoms with van der Waals surface area (Å²) in [6, 6.07) is 5.34. The quantitative estimate of drug-likeness (QED) is 0.763. The lowest BCUT2D eigenvalue weighted by Crippen LogP contribution is -2.27. The van der Waals surface area contributed by atoms with Crippen molar-refractivity contribution in [2.75, 3.05) is 6.54 Å². The van der Waals surface area contributed by atoms with Gasteiger partial charge in [0.15, 0.2) is 0 Å². The van der Waals surface area contributed by atoms with Crippen LogP contribution in [0.2, 0.25) is 0 Å². The Kier molecular flexibility index (Phi) is 6.08. The summed E-state index contributed by atoms with van der Waals surface area (Å²) in [5.74, 6) is -1.25.